The van der Waals surface area contributed by atoms with Gasteiger partial charge in [-0.05, 0) is 61.4 Å². The van der Waals surface area contributed by atoms with Gasteiger partial charge in [0.15, 0.2) is 11.5 Å². The molecule has 212 valence electrons. The molecule has 2 fully saturated rings. The van der Waals surface area contributed by atoms with E-state index < -0.39 is 0 Å². The molecule has 0 bridgehead atoms. The third-order valence-electron chi connectivity index (χ3n) is 7.76. The Morgan fingerprint density at radius 3 is 2.54 bits per heavy atom. The van der Waals surface area contributed by atoms with E-state index in [1.54, 1.807) is 7.11 Å². The summed E-state index contributed by atoms with van der Waals surface area (Å²) in [5.41, 5.74) is 4.34. The highest BCUT2D eigenvalue weighted by molar-refractivity contribution is 6.09. The van der Waals surface area contributed by atoms with Crippen LogP contribution < -0.4 is 20.1 Å². The van der Waals surface area contributed by atoms with Crippen molar-refractivity contribution in [3.63, 3.8) is 0 Å². The smallest absolute Gasteiger partial charge is 0.323 e. The highest BCUT2D eigenvalue weighted by Gasteiger charge is 2.19. The third-order valence-corrected chi connectivity index (χ3v) is 7.76. The Balaban J connectivity index is 1.20. The van der Waals surface area contributed by atoms with Gasteiger partial charge in [-0.2, -0.15) is 0 Å². The summed E-state index contributed by atoms with van der Waals surface area (Å²) < 4.78 is 17.2. The van der Waals surface area contributed by atoms with Crippen molar-refractivity contribution in [2.45, 2.75) is 38.3 Å². The maximum atomic E-state index is 13.1. The molecule has 8 heteroatoms. The number of benzene rings is 3. The number of pyridine rings is 1. The Morgan fingerprint density at radius 2 is 1.73 bits per heavy atom. The number of aromatic nitrogens is 1. The van der Waals surface area contributed by atoms with Gasteiger partial charge < -0.3 is 24.8 Å². The number of fused-ring (bicyclic) bond motifs is 1. The van der Waals surface area contributed by atoms with Crippen molar-refractivity contribution < 1.29 is 19.0 Å². The molecule has 2 aliphatic rings. The first-order valence-electron chi connectivity index (χ1n) is 14.4. The maximum absolute atomic E-state index is 13.1. The fourth-order valence-electron chi connectivity index (χ4n) is 5.65. The van der Waals surface area contributed by atoms with Crippen LogP contribution in [0.3, 0.4) is 0 Å². The van der Waals surface area contributed by atoms with E-state index in [0.717, 1.165) is 79.1 Å². The topological polar surface area (TPSA) is 85.0 Å². The summed E-state index contributed by atoms with van der Waals surface area (Å²) in [6.07, 6.45) is 4.62. The van der Waals surface area contributed by atoms with Crippen LogP contribution in [-0.2, 0) is 11.3 Å². The van der Waals surface area contributed by atoms with E-state index in [1.807, 2.05) is 54.6 Å². The Hall–Kier alpha value is -4.14. The number of carbonyl (C=O) groups excluding carboxylic acids is 1. The number of carbonyl (C=O) groups is 1. The standard InChI is InChI=1S/C33H36N4O4/c1-39-31-16-13-23(21-32(31)41-25-8-2-3-9-25)35-33(38)36-30-15-14-28(26-10-4-5-11-27(26)30)29-12-6-7-24(34-29)22-37-17-19-40-20-18-37/h4-7,10-16,21,25H,2-3,8-9,17-20,22H2,1H3,(H2,35,36,38). The molecule has 2 N–H and O–H groups in total. The summed E-state index contributed by atoms with van der Waals surface area (Å²) in [6.45, 7) is 4.17. The van der Waals surface area contributed by atoms with Crippen LogP contribution in [0.15, 0.2) is 72.8 Å². The number of hydrogen-bond acceptors (Lipinski definition) is 6. The summed E-state index contributed by atoms with van der Waals surface area (Å²) in [6, 6.07) is 23.4. The SMILES string of the molecule is COc1ccc(NC(=O)Nc2ccc(-c3cccc(CN4CCOCC4)n3)c3ccccc23)cc1OC1CCCC1. The van der Waals surface area contributed by atoms with E-state index in [0.29, 0.717) is 17.2 Å². The van der Waals surface area contributed by atoms with E-state index in [9.17, 15) is 4.79 Å². The van der Waals surface area contributed by atoms with Crippen LogP contribution in [0.5, 0.6) is 11.5 Å². The van der Waals surface area contributed by atoms with Gasteiger partial charge in [0.05, 0.1) is 43.5 Å². The first-order chi connectivity index (χ1) is 20.2. The van der Waals surface area contributed by atoms with Gasteiger partial charge in [-0.1, -0.05) is 36.4 Å². The number of nitrogens with zero attached hydrogens (tertiary/aromatic N) is 2. The lowest BCUT2D eigenvalue weighted by molar-refractivity contribution is 0.0336. The van der Waals surface area contributed by atoms with Gasteiger partial charge in [-0.25, -0.2) is 4.79 Å². The van der Waals surface area contributed by atoms with Gasteiger partial charge in [0.2, 0.25) is 0 Å². The third kappa shape index (κ3) is 6.45. The molecule has 1 saturated heterocycles. The number of morpholine rings is 1. The molecule has 1 aliphatic heterocycles. The molecule has 2 amide bonds. The minimum absolute atomic E-state index is 0.187. The van der Waals surface area contributed by atoms with Gasteiger partial charge in [-0.15, -0.1) is 0 Å². The second kappa shape index (κ2) is 12.6. The van der Waals surface area contributed by atoms with Crippen LogP contribution in [0.4, 0.5) is 16.2 Å². The van der Waals surface area contributed by atoms with Gasteiger partial charge in [0, 0.05) is 42.3 Å². The Bertz CT molecular complexity index is 1510. The van der Waals surface area contributed by atoms with E-state index >= 15 is 0 Å². The zero-order valence-corrected chi connectivity index (χ0v) is 23.4. The Morgan fingerprint density at radius 1 is 0.927 bits per heavy atom. The average Bonchev–Trinajstić information content (AvgIpc) is 3.51. The van der Waals surface area contributed by atoms with Crippen molar-refractivity contribution in [1.82, 2.24) is 9.88 Å². The Kier molecular flexibility index (Phi) is 8.30. The van der Waals surface area contributed by atoms with Crippen LogP contribution in [0, 0.1) is 0 Å². The largest absolute Gasteiger partial charge is 0.493 e. The predicted octanol–water partition coefficient (Wildman–Crippen LogP) is 6.71. The zero-order valence-electron chi connectivity index (χ0n) is 23.4. The van der Waals surface area contributed by atoms with Crippen LogP contribution in [0.2, 0.25) is 0 Å². The monoisotopic (exact) mass is 552 g/mol. The highest BCUT2D eigenvalue weighted by Crippen LogP contribution is 2.35. The number of rotatable bonds is 8. The minimum Gasteiger partial charge on any atom is -0.493 e. The molecule has 4 aromatic rings. The number of amides is 2. The summed E-state index contributed by atoms with van der Waals surface area (Å²) in [4.78, 5) is 20.5. The number of ether oxygens (including phenoxy) is 3. The molecule has 6 rings (SSSR count). The lowest BCUT2D eigenvalue weighted by Crippen LogP contribution is -2.35. The molecule has 41 heavy (non-hydrogen) atoms. The molecule has 1 saturated carbocycles. The van der Waals surface area contributed by atoms with Gasteiger partial charge in [-0.3, -0.25) is 9.88 Å². The minimum atomic E-state index is -0.328. The lowest BCUT2D eigenvalue weighted by atomic mass is 10.00. The maximum Gasteiger partial charge on any atom is 0.323 e. The fourth-order valence-corrected chi connectivity index (χ4v) is 5.65. The van der Waals surface area contributed by atoms with Gasteiger partial charge >= 0.3 is 6.03 Å². The van der Waals surface area contributed by atoms with Crippen molar-refractivity contribution in [3.05, 3.63) is 78.5 Å². The molecule has 0 radical (unpaired) electrons. The molecule has 2 heterocycles. The van der Waals surface area contributed by atoms with Crippen LogP contribution in [0.1, 0.15) is 31.4 Å². The molecule has 0 atom stereocenters. The number of methoxy groups -OCH3 is 1. The average molecular weight is 553 g/mol. The normalized spacial score (nSPS) is 16.0. The number of nitrogens with one attached hydrogen (secondary N) is 2. The lowest BCUT2D eigenvalue weighted by Gasteiger charge is -2.26. The van der Waals surface area contributed by atoms with Gasteiger partial charge in [0.1, 0.15) is 0 Å². The summed E-state index contributed by atoms with van der Waals surface area (Å²) in [5.74, 6) is 1.31. The van der Waals surface area contributed by atoms with Crippen LogP contribution >= 0.6 is 0 Å². The zero-order chi connectivity index (χ0) is 28.0. The van der Waals surface area contributed by atoms with Crippen molar-refractivity contribution in [2.75, 3.05) is 44.0 Å². The summed E-state index contributed by atoms with van der Waals surface area (Å²) in [7, 11) is 1.63. The second-order valence-corrected chi connectivity index (χ2v) is 10.6. The second-order valence-electron chi connectivity index (χ2n) is 10.6. The first kappa shape index (κ1) is 27.1. The van der Waals surface area contributed by atoms with E-state index in [-0.39, 0.29) is 12.1 Å². The predicted molar refractivity (Wildman–Crippen MR) is 162 cm³/mol. The van der Waals surface area contributed by atoms with Crippen LogP contribution in [0.25, 0.3) is 22.0 Å². The van der Waals surface area contributed by atoms with Crippen LogP contribution in [-0.4, -0.2) is 55.4 Å². The molecular weight excluding hydrogens is 516 g/mol. The van der Waals surface area contributed by atoms with Crippen molar-refractivity contribution in [1.29, 1.82) is 0 Å². The molecule has 1 aromatic heterocycles. The number of anilines is 2. The fraction of sp³-hybridized carbons (Fsp3) is 0.333. The van der Waals surface area contributed by atoms with E-state index in [4.69, 9.17) is 19.2 Å². The van der Waals surface area contributed by atoms with Crippen molar-refractivity contribution in [2.24, 2.45) is 0 Å². The van der Waals surface area contributed by atoms with Crippen molar-refractivity contribution in [3.8, 4) is 22.8 Å². The Labute approximate surface area is 240 Å². The molecule has 0 unspecified atom stereocenters. The quantitative estimate of drug-likeness (QED) is 0.253. The van der Waals surface area contributed by atoms with Gasteiger partial charge in [0.25, 0.3) is 0 Å². The number of urea groups is 1. The molecule has 1 aliphatic carbocycles. The molecule has 8 nitrogen and oxygen atoms in total. The molecule has 0 spiro atoms. The first-order valence-corrected chi connectivity index (χ1v) is 14.4. The highest BCUT2D eigenvalue weighted by atomic mass is 16.5. The van der Waals surface area contributed by atoms with Crippen molar-refractivity contribution >= 4 is 28.2 Å². The number of hydrogen-bond donors (Lipinski definition) is 2. The summed E-state index contributed by atoms with van der Waals surface area (Å²) in [5, 5.41) is 7.96. The van der Waals surface area contributed by atoms with E-state index in [2.05, 4.69) is 33.7 Å². The molecule has 3 aromatic carbocycles. The summed E-state index contributed by atoms with van der Waals surface area (Å²) >= 11 is 0. The molecular formula is C33H36N4O4. The van der Waals surface area contributed by atoms with E-state index in [1.165, 1.54) is 12.8 Å².